The van der Waals surface area contributed by atoms with Gasteiger partial charge in [-0.25, -0.2) is 0 Å². The standard InChI is InChI=1S/C11H10BrNO/c12-10-6-13(7-1-2-7)11-4-3-8(14)5-9(10)11/h3-7,14H,1-2H2. The molecule has 3 heteroatoms. The third kappa shape index (κ3) is 1.16. The van der Waals surface area contributed by atoms with Gasteiger partial charge in [-0.05, 0) is 47.0 Å². The Bertz CT molecular complexity index is 499. The summed E-state index contributed by atoms with van der Waals surface area (Å²) in [6, 6.07) is 6.20. The van der Waals surface area contributed by atoms with E-state index in [1.165, 1.54) is 18.4 Å². The molecular formula is C11H10BrNO. The van der Waals surface area contributed by atoms with E-state index in [0.29, 0.717) is 11.8 Å². The molecule has 2 aromatic rings. The molecule has 0 spiro atoms. The monoisotopic (exact) mass is 251 g/mol. The molecule has 3 rings (SSSR count). The molecule has 0 atom stereocenters. The van der Waals surface area contributed by atoms with Gasteiger partial charge in [0, 0.05) is 27.6 Å². The molecule has 14 heavy (non-hydrogen) atoms. The Morgan fingerprint density at radius 2 is 2.14 bits per heavy atom. The lowest BCUT2D eigenvalue weighted by molar-refractivity contribution is 0.476. The maximum Gasteiger partial charge on any atom is 0.116 e. The minimum absolute atomic E-state index is 0.326. The van der Waals surface area contributed by atoms with Crippen LogP contribution in [0.3, 0.4) is 0 Å². The first-order valence-electron chi connectivity index (χ1n) is 4.75. The van der Waals surface area contributed by atoms with Crippen LogP contribution in [0.5, 0.6) is 5.75 Å². The summed E-state index contributed by atoms with van der Waals surface area (Å²) < 4.78 is 3.36. The summed E-state index contributed by atoms with van der Waals surface area (Å²) in [6.45, 7) is 0. The molecule has 1 aromatic heterocycles. The zero-order valence-electron chi connectivity index (χ0n) is 7.57. The van der Waals surface area contributed by atoms with Crippen LogP contribution in [0, 0.1) is 0 Å². The SMILES string of the molecule is Oc1ccc2c(c1)c(Br)cn2C1CC1. The van der Waals surface area contributed by atoms with Crippen molar-refractivity contribution in [1.29, 1.82) is 0 Å². The maximum atomic E-state index is 9.39. The number of aromatic nitrogens is 1. The minimum Gasteiger partial charge on any atom is -0.508 e. The average molecular weight is 252 g/mol. The van der Waals surface area contributed by atoms with Gasteiger partial charge in [0.15, 0.2) is 0 Å². The van der Waals surface area contributed by atoms with Gasteiger partial charge in [-0.2, -0.15) is 0 Å². The van der Waals surface area contributed by atoms with Crippen molar-refractivity contribution in [1.82, 2.24) is 4.57 Å². The summed E-state index contributed by atoms with van der Waals surface area (Å²) in [5.74, 6) is 0.326. The summed E-state index contributed by atoms with van der Waals surface area (Å²) in [5.41, 5.74) is 1.21. The van der Waals surface area contributed by atoms with Gasteiger partial charge in [-0.3, -0.25) is 0 Å². The molecule has 72 valence electrons. The van der Waals surface area contributed by atoms with Crippen molar-refractivity contribution in [2.24, 2.45) is 0 Å². The fourth-order valence-corrected chi connectivity index (χ4v) is 2.39. The number of fused-ring (bicyclic) bond motifs is 1. The molecule has 1 aliphatic rings. The van der Waals surface area contributed by atoms with Gasteiger partial charge in [0.1, 0.15) is 5.75 Å². The van der Waals surface area contributed by atoms with Crippen LogP contribution in [0.25, 0.3) is 10.9 Å². The van der Waals surface area contributed by atoms with Crippen molar-refractivity contribution in [3.05, 3.63) is 28.9 Å². The third-order valence-electron chi connectivity index (χ3n) is 2.71. The highest BCUT2D eigenvalue weighted by atomic mass is 79.9. The number of nitrogens with zero attached hydrogens (tertiary/aromatic N) is 1. The van der Waals surface area contributed by atoms with Crippen LogP contribution < -0.4 is 0 Å². The molecular weight excluding hydrogens is 242 g/mol. The first-order chi connectivity index (χ1) is 6.75. The molecule has 1 fully saturated rings. The largest absolute Gasteiger partial charge is 0.508 e. The van der Waals surface area contributed by atoms with Crippen LogP contribution in [-0.2, 0) is 0 Å². The van der Waals surface area contributed by atoms with Crippen molar-refractivity contribution in [3.63, 3.8) is 0 Å². The highest BCUT2D eigenvalue weighted by Gasteiger charge is 2.25. The van der Waals surface area contributed by atoms with Crippen molar-refractivity contribution in [2.75, 3.05) is 0 Å². The van der Waals surface area contributed by atoms with E-state index in [1.54, 1.807) is 12.1 Å². The van der Waals surface area contributed by atoms with Gasteiger partial charge in [-0.15, -0.1) is 0 Å². The number of aromatic hydroxyl groups is 1. The van der Waals surface area contributed by atoms with Crippen LogP contribution in [-0.4, -0.2) is 9.67 Å². The predicted octanol–water partition coefficient (Wildman–Crippen LogP) is 3.44. The minimum atomic E-state index is 0.326. The molecule has 1 N–H and O–H groups in total. The van der Waals surface area contributed by atoms with Crippen LogP contribution in [0.4, 0.5) is 0 Å². The van der Waals surface area contributed by atoms with Crippen LogP contribution in [0.15, 0.2) is 28.9 Å². The summed E-state index contributed by atoms with van der Waals surface area (Å²) in [4.78, 5) is 0. The highest BCUT2D eigenvalue weighted by molar-refractivity contribution is 9.10. The number of hydrogen-bond donors (Lipinski definition) is 1. The molecule has 1 aromatic carbocycles. The molecule has 1 saturated carbocycles. The van der Waals surface area contributed by atoms with E-state index in [-0.39, 0.29) is 0 Å². The number of phenolic OH excluding ortho intramolecular Hbond substituents is 1. The first kappa shape index (κ1) is 8.36. The Hall–Kier alpha value is -0.960. The average Bonchev–Trinajstić information content (AvgIpc) is 2.94. The number of rotatable bonds is 1. The molecule has 1 heterocycles. The van der Waals surface area contributed by atoms with E-state index in [9.17, 15) is 5.11 Å². The van der Waals surface area contributed by atoms with Crippen molar-refractivity contribution in [3.8, 4) is 5.75 Å². The highest BCUT2D eigenvalue weighted by Crippen LogP contribution is 2.40. The normalized spacial score (nSPS) is 16.4. The van der Waals surface area contributed by atoms with Gasteiger partial charge in [-0.1, -0.05) is 0 Å². The van der Waals surface area contributed by atoms with Gasteiger partial charge in [0.2, 0.25) is 0 Å². The van der Waals surface area contributed by atoms with E-state index in [2.05, 4.69) is 26.7 Å². The number of hydrogen-bond acceptors (Lipinski definition) is 1. The van der Waals surface area contributed by atoms with Gasteiger partial charge >= 0.3 is 0 Å². The second kappa shape index (κ2) is 2.76. The fourth-order valence-electron chi connectivity index (χ4n) is 1.86. The van der Waals surface area contributed by atoms with Crippen molar-refractivity contribution < 1.29 is 5.11 Å². The van der Waals surface area contributed by atoms with Gasteiger partial charge in [0.25, 0.3) is 0 Å². The second-order valence-electron chi connectivity index (χ2n) is 3.82. The molecule has 0 amide bonds. The first-order valence-corrected chi connectivity index (χ1v) is 5.54. The Kier molecular flexibility index (Phi) is 1.65. The predicted molar refractivity (Wildman–Crippen MR) is 59.6 cm³/mol. The zero-order chi connectivity index (χ0) is 9.71. The summed E-state index contributed by atoms with van der Waals surface area (Å²) in [5, 5.41) is 10.5. The van der Waals surface area contributed by atoms with Gasteiger partial charge < -0.3 is 9.67 Å². The Balaban J connectivity index is 2.32. The lowest BCUT2D eigenvalue weighted by Gasteiger charge is -2.01. The fraction of sp³-hybridized carbons (Fsp3) is 0.273. The Labute approximate surface area is 90.3 Å². The Morgan fingerprint density at radius 1 is 1.36 bits per heavy atom. The van der Waals surface area contributed by atoms with Gasteiger partial charge in [0.05, 0.1) is 0 Å². The van der Waals surface area contributed by atoms with Crippen molar-refractivity contribution >= 4 is 26.8 Å². The van der Waals surface area contributed by atoms with E-state index < -0.39 is 0 Å². The zero-order valence-corrected chi connectivity index (χ0v) is 9.16. The molecule has 1 aliphatic carbocycles. The number of benzene rings is 1. The smallest absolute Gasteiger partial charge is 0.116 e. The number of phenols is 1. The van der Waals surface area contributed by atoms with E-state index in [1.807, 2.05) is 6.07 Å². The molecule has 0 aliphatic heterocycles. The lowest BCUT2D eigenvalue weighted by atomic mass is 10.2. The van der Waals surface area contributed by atoms with Crippen LogP contribution in [0.1, 0.15) is 18.9 Å². The van der Waals surface area contributed by atoms with E-state index >= 15 is 0 Å². The summed E-state index contributed by atoms with van der Waals surface area (Å²) in [7, 11) is 0. The topological polar surface area (TPSA) is 25.2 Å². The molecule has 2 nitrogen and oxygen atoms in total. The van der Waals surface area contributed by atoms with Crippen LogP contribution in [0.2, 0.25) is 0 Å². The second-order valence-corrected chi connectivity index (χ2v) is 4.67. The van der Waals surface area contributed by atoms with E-state index in [0.717, 1.165) is 9.86 Å². The van der Waals surface area contributed by atoms with Crippen LogP contribution >= 0.6 is 15.9 Å². The lowest BCUT2D eigenvalue weighted by Crippen LogP contribution is -1.89. The summed E-state index contributed by atoms with van der Waals surface area (Å²) >= 11 is 3.52. The maximum absolute atomic E-state index is 9.39. The number of halogens is 1. The molecule has 0 bridgehead atoms. The van der Waals surface area contributed by atoms with E-state index in [4.69, 9.17) is 0 Å². The molecule has 0 radical (unpaired) electrons. The van der Waals surface area contributed by atoms with Crippen molar-refractivity contribution in [2.45, 2.75) is 18.9 Å². The quantitative estimate of drug-likeness (QED) is 0.826. The Morgan fingerprint density at radius 3 is 2.86 bits per heavy atom. The summed E-state index contributed by atoms with van der Waals surface area (Å²) in [6.07, 6.45) is 4.66. The third-order valence-corrected chi connectivity index (χ3v) is 3.34. The molecule has 0 saturated heterocycles. The molecule has 0 unspecified atom stereocenters.